The molecule has 1 saturated carbocycles. The number of hydrogen-bond acceptors (Lipinski definition) is 3. The number of nitrogens with one attached hydrogen (secondary N) is 1. The zero-order valence-corrected chi connectivity index (χ0v) is 22.6. The van der Waals surface area contributed by atoms with E-state index in [1.54, 1.807) is 18.2 Å². The highest BCUT2D eigenvalue weighted by atomic mass is 35.5. The molecule has 1 aliphatic carbocycles. The van der Waals surface area contributed by atoms with E-state index >= 15 is 0 Å². The van der Waals surface area contributed by atoms with Gasteiger partial charge in [0.25, 0.3) is 5.91 Å². The maximum Gasteiger partial charge on any atom is 0.261 e. The van der Waals surface area contributed by atoms with Crippen molar-refractivity contribution in [2.75, 3.05) is 6.61 Å². The van der Waals surface area contributed by atoms with Crippen LogP contribution < -0.4 is 10.1 Å². The Labute approximate surface area is 232 Å². The quantitative estimate of drug-likeness (QED) is 0.306. The molecule has 2 amide bonds. The lowest BCUT2D eigenvalue weighted by atomic mass is 9.94. The molecule has 0 heterocycles. The fraction of sp³-hybridized carbons (Fsp3) is 0.333. The van der Waals surface area contributed by atoms with E-state index in [0.29, 0.717) is 27.8 Å². The number of halogens is 3. The third-order valence-electron chi connectivity index (χ3n) is 6.79. The molecule has 3 aromatic rings. The minimum atomic E-state index is -0.823. The van der Waals surface area contributed by atoms with E-state index < -0.39 is 17.8 Å². The van der Waals surface area contributed by atoms with E-state index in [2.05, 4.69) is 5.32 Å². The molecule has 1 aliphatic rings. The van der Waals surface area contributed by atoms with Gasteiger partial charge in [-0.05, 0) is 54.8 Å². The number of ether oxygens (including phenoxy) is 1. The van der Waals surface area contributed by atoms with Crippen molar-refractivity contribution < 1.29 is 18.7 Å². The van der Waals surface area contributed by atoms with Crippen molar-refractivity contribution >= 4 is 35.0 Å². The highest BCUT2D eigenvalue weighted by Gasteiger charge is 2.33. The lowest BCUT2D eigenvalue weighted by molar-refractivity contribution is -0.143. The van der Waals surface area contributed by atoms with Crippen LogP contribution in [0.15, 0.2) is 72.8 Å². The first kappa shape index (κ1) is 27.9. The molecule has 0 radical (unpaired) electrons. The monoisotopic (exact) mass is 556 g/mol. The van der Waals surface area contributed by atoms with Gasteiger partial charge in [-0.1, -0.05) is 78.9 Å². The molecule has 1 atom stereocenters. The minimum Gasteiger partial charge on any atom is -0.484 e. The van der Waals surface area contributed by atoms with Gasteiger partial charge in [-0.15, -0.1) is 0 Å². The molecule has 3 aromatic carbocycles. The molecule has 0 aliphatic heterocycles. The summed E-state index contributed by atoms with van der Waals surface area (Å²) < 4.78 is 19.0. The van der Waals surface area contributed by atoms with E-state index in [9.17, 15) is 14.0 Å². The van der Waals surface area contributed by atoms with Crippen molar-refractivity contribution in [2.24, 2.45) is 0 Å². The summed E-state index contributed by atoms with van der Waals surface area (Å²) in [4.78, 5) is 29.0. The number of rotatable bonds is 10. The number of nitrogens with zero attached hydrogens (tertiary/aromatic N) is 1. The van der Waals surface area contributed by atoms with E-state index in [1.165, 1.54) is 29.2 Å². The van der Waals surface area contributed by atoms with E-state index in [4.69, 9.17) is 27.9 Å². The predicted molar refractivity (Wildman–Crippen MR) is 148 cm³/mol. The number of carbonyl (C=O) groups excluding carboxylic acids is 2. The maximum atomic E-state index is 13.8. The number of carbonyl (C=O) groups is 2. The fourth-order valence-electron chi connectivity index (χ4n) is 4.71. The van der Waals surface area contributed by atoms with Gasteiger partial charge in [0, 0.05) is 34.6 Å². The van der Waals surface area contributed by atoms with Crippen molar-refractivity contribution in [3.05, 3.63) is 99.8 Å². The largest absolute Gasteiger partial charge is 0.484 e. The van der Waals surface area contributed by atoms with Gasteiger partial charge in [-0.25, -0.2) is 4.39 Å². The molecule has 1 N–H and O–H groups in total. The molecule has 200 valence electrons. The van der Waals surface area contributed by atoms with Crippen LogP contribution >= 0.6 is 23.2 Å². The topological polar surface area (TPSA) is 58.6 Å². The van der Waals surface area contributed by atoms with Crippen molar-refractivity contribution in [1.29, 1.82) is 0 Å². The van der Waals surface area contributed by atoms with Crippen molar-refractivity contribution in [1.82, 2.24) is 10.2 Å². The summed E-state index contributed by atoms with van der Waals surface area (Å²) in [7, 11) is 0. The molecule has 0 spiro atoms. The molecule has 38 heavy (non-hydrogen) atoms. The summed E-state index contributed by atoms with van der Waals surface area (Å²) in [5.74, 6) is -0.688. The standard InChI is InChI=1S/C30H31Cl2FN2O3/c31-26-12-7-13-27(32)25(26)19-35(29(36)20-38-24-16-14-22(33)15-17-24)28(18-21-8-3-1-4-9-21)30(37)34-23-10-5-2-6-11-23/h1,3-4,7-9,12-17,23,28H,2,5-6,10-11,18-20H2,(H,34,37)/t28-/m1/s1. The van der Waals surface area contributed by atoms with Gasteiger partial charge in [-0.3, -0.25) is 9.59 Å². The smallest absolute Gasteiger partial charge is 0.261 e. The van der Waals surface area contributed by atoms with Crippen LogP contribution in [0.25, 0.3) is 0 Å². The summed E-state index contributed by atoms with van der Waals surface area (Å²) in [6, 6.07) is 19.4. The number of benzene rings is 3. The molecule has 0 bridgehead atoms. The Hall–Kier alpha value is -3.09. The van der Waals surface area contributed by atoms with Crippen LogP contribution in [-0.2, 0) is 22.6 Å². The number of amides is 2. The van der Waals surface area contributed by atoms with Gasteiger partial charge < -0.3 is 15.0 Å². The average molecular weight is 557 g/mol. The number of hydrogen-bond donors (Lipinski definition) is 1. The second kappa shape index (κ2) is 13.6. The second-order valence-electron chi connectivity index (χ2n) is 9.51. The van der Waals surface area contributed by atoms with Gasteiger partial charge >= 0.3 is 0 Å². The molecular formula is C30H31Cl2FN2O3. The Morgan fingerprint density at radius 3 is 2.24 bits per heavy atom. The van der Waals surface area contributed by atoms with E-state index in [1.807, 2.05) is 30.3 Å². The Morgan fingerprint density at radius 2 is 1.58 bits per heavy atom. The fourth-order valence-corrected chi connectivity index (χ4v) is 5.23. The molecular weight excluding hydrogens is 526 g/mol. The van der Waals surface area contributed by atoms with Crippen LogP contribution in [0.4, 0.5) is 4.39 Å². The zero-order valence-electron chi connectivity index (χ0n) is 21.0. The Balaban J connectivity index is 1.64. The first-order valence-electron chi connectivity index (χ1n) is 12.9. The van der Waals surface area contributed by atoms with E-state index in [-0.39, 0.29) is 25.1 Å². The molecule has 8 heteroatoms. The summed E-state index contributed by atoms with van der Waals surface area (Å²) in [6.07, 6.45) is 5.44. The summed E-state index contributed by atoms with van der Waals surface area (Å²) >= 11 is 13.0. The van der Waals surface area contributed by atoms with Crippen molar-refractivity contribution in [2.45, 2.75) is 57.2 Å². The van der Waals surface area contributed by atoms with Crippen molar-refractivity contribution in [3.63, 3.8) is 0 Å². The maximum absolute atomic E-state index is 13.8. The molecule has 0 unspecified atom stereocenters. The van der Waals surface area contributed by atoms with Crippen LogP contribution in [0.2, 0.25) is 10.0 Å². The molecule has 0 saturated heterocycles. The summed E-state index contributed by atoms with van der Waals surface area (Å²) in [5.41, 5.74) is 1.47. The first-order valence-corrected chi connectivity index (χ1v) is 13.6. The summed E-state index contributed by atoms with van der Waals surface area (Å²) in [6.45, 7) is -0.310. The molecule has 0 aromatic heterocycles. The van der Waals surface area contributed by atoms with Crippen LogP contribution in [0.3, 0.4) is 0 Å². The molecule has 4 rings (SSSR count). The van der Waals surface area contributed by atoms with Gasteiger partial charge in [0.05, 0.1) is 0 Å². The van der Waals surface area contributed by atoms with Gasteiger partial charge in [0.1, 0.15) is 17.6 Å². The van der Waals surface area contributed by atoms with Crippen LogP contribution in [0.5, 0.6) is 5.75 Å². The predicted octanol–water partition coefficient (Wildman–Crippen LogP) is 6.60. The lowest BCUT2D eigenvalue weighted by Crippen LogP contribution is -2.53. The summed E-state index contributed by atoms with van der Waals surface area (Å²) in [5, 5.41) is 4.00. The third kappa shape index (κ3) is 7.71. The molecule has 5 nitrogen and oxygen atoms in total. The average Bonchev–Trinajstić information content (AvgIpc) is 2.92. The Kier molecular flexibility index (Phi) is 10.0. The van der Waals surface area contributed by atoms with Gasteiger partial charge in [0.15, 0.2) is 6.61 Å². The minimum absolute atomic E-state index is 0.0275. The SMILES string of the molecule is O=C(NC1CCCCC1)[C@@H](Cc1ccccc1)N(Cc1c(Cl)cccc1Cl)C(=O)COc1ccc(F)cc1. The van der Waals surface area contributed by atoms with Crippen molar-refractivity contribution in [3.8, 4) is 5.75 Å². The van der Waals surface area contributed by atoms with Gasteiger partial charge in [-0.2, -0.15) is 0 Å². The Bertz CT molecular complexity index is 1200. The van der Waals surface area contributed by atoms with E-state index in [0.717, 1.165) is 37.7 Å². The zero-order chi connectivity index (χ0) is 26.9. The van der Waals surface area contributed by atoms with Crippen LogP contribution in [0, 0.1) is 5.82 Å². The first-order chi connectivity index (χ1) is 18.4. The highest BCUT2D eigenvalue weighted by molar-refractivity contribution is 6.36. The second-order valence-corrected chi connectivity index (χ2v) is 10.3. The van der Waals surface area contributed by atoms with Gasteiger partial charge in [0.2, 0.25) is 5.91 Å². The van der Waals surface area contributed by atoms with Crippen LogP contribution in [0.1, 0.15) is 43.2 Å². The highest BCUT2D eigenvalue weighted by Crippen LogP contribution is 2.28. The lowest BCUT2D eigenvalue weighted by Gasteiger charge is -2.33. The normalized spacial score (nSPS) is 14.5. The third-order valence-corrected chi connectivity index (χ3v) is 7.50. The Morgan fingerprint density at radius 1 is 0.921 bits per heavy atom. The van der Waals surface area contributed by atoms with Crippen LogP contribution in [-0.4, -0.2) is 35.4 Å². The molecule has 1 fully saturated rings.